The van der Waals surface area contributed by atoms with E-state index in [1.165, 1.54) is 19.1 Å². The highest BCUT2D eigenvalue weighted by molar-refractivity contribution is 6.07. The summed E-state index contributed by atoms with van der Waals surface area (Å²) in [6.07, 6.45) is 3.76. The first-order valence-corrected chi connectivity index (χ1v) is 10.2. The maximum atomic E-state index is 13.0. The Kier molecular flexibility index (Phi) is 8.59. The number of benzene rings is 2. The number of carbonyl (C=O) groups is 3. The number of hydrogen-bond acceptors (Lipinski definition) is 4. The predicted molar refractivity (Wildman–Crippen MR) is 114 cm³/mol. The summed E-state index contributed by atoms with van der Waals surface area (Å²) in [5.74, 6) is -3.24. The van der Waals surface area contributed by atoms with Crippen LogP contribution >= 0.6 is 0 Å². The molecule has 0 fully saturated rings. The van der Waals surface area contributed by atoms with Gasteiger partial charge in [0.05, 0.1) is 18.1 Å². The summed E-state index contributed by atoms with van der Waals surface area (Å²) in [6.45, 7) is 3.97. The van der Waals surface area contributed by atoms with Crippen LogP contribution in [-0.2, 0) is 4.79 Å². The van der Waals surface area contributed by atoms with Crippen molar-refractivity contribution in [1.82, 2.24) is 0 Å². The maximum Gasteiger partial charge on any atom is 0.335 e. The third-order valence-electron chi connectivity index (χ3n) is 4.88. The van der Waals surface area contributed by atoms with Crippen LogP contribution < -0.4 is 4.74 Å². The van der Waals surface area contributed by atoms with Crippen molar-refractivity contribution in [3.05, 3.63) is 53.6 Å². The molecule has 6 heteroatoms. The molecule has 2 aromatic carbocycles. The standard InChI is InChI=1S/C24H28O6/c1-3-4-5-9-12-30-21-15-18(24(28)29)14-19(20(25)13-16(2)23(26)27)22(21)17-10-7-6-8-11-17/h6-8,10-11,14-16H,3-5,9,12-13H2,1-2H3,(H,26,27)(H,28,29). The highest BCUT2D eigenvalue weighted by Gasteiger charge is 2.24. The summed E-state index contributed by atoms with van der Waals surface area (Å²) in [5.41, 5.74) is 1.31. The van der Waals surface area contributed by atoms with E-state index in [0.29, 0.717) is 23.5 Å². The second-order valence-corrected chi connectivity index (χ2v) is 7.34. The second-order valence-electron chi connectivity index (χ2n) is 7.34. The summed E-state index contributed by atoms with van der Waals surface area (Å²) < 4.78 is 5.94. The first kappa shape index (κ1) is 23.1. The molecule has 0 spiro atoms. The number of unbranched alkanes of at least 4 members (excludes halogenated alkanes) is 3. The van der Waals surface area contributed by atoms with Gasteiger partial charge in [-0.1, -0.05) is 63.4 Å². The number of ether oxygens (including phenoxy) is 1. The van der Waals surface area contributed by atoms with Crippen molar-refractivity contribution in [2.75, 3.05) is 6.61 Å². The van der Waals surface area contributed by atoms with Crippen molar-refractivity contribution in [2.45, 2.75) is 46.0 Å². The van der Waals surface area contributed by atoms with Gasteiger partial charge in [0, 0.05) is 17.5 Å². The van der Waals surface area contributed by atoms with Crippen LogP contribution in [0.5, 0.6) is 5.75 Å². The van der Waals surface area contributed by atoms with Crippen molar-refractivity contribution in [2.24, 2.45) is 5.92 Å². The SMILES string of the molecule is CCCCCCOc1cc(C(=O)O)cc(C(=O)CC(C)C(=O)O)c1-c1ccccc1. The van der Waals surface area contributed by atoms with Crippen molar-refractivity contribution in [3.8, 4) is 16.9 Å². The molecule has 0 heterocycles. The summed E-state index contributed by atoms with van der Waals surface area (Å²) in [6, 6.07) is 11.9. The molecule has 2 rings (SSSR count). The fraction of sp³-hybridized carbons (Fsp3) is 0.375. The van der Waals surface area contributed by atoms with E-state index >= 15 is 0 Å². The van der Waals surface area contributed by atoms with Crippen LogP contribution in [0.2, 0.25) is 0 Å². The lowest BCUT2D eigenvalue weighted by atomic mass is 9.90. The number of carboxylic acids is 2. The van der Waals surface area contributed by atoms with Crippen molar-refractivity contribution in [1.29, 1.82) is 0 Å². The quantitative estimate of drug-likeness (QED) is 0.362. The Balaban J connectivity index is 2.52. The Morgan fingerprint density at radius 3 is 2.30 bits per heavy atom. The summed E-state index contributed by atoms with van der Waals surface area (Å²) in [4.78, 5) is 35.9. The van der Waals surface area contributed by atoms with E-state index in [-0.39, 0.29) is 17.5 Å². The molecule has 30 heavy (non-hydrogen) atoms. The number of ketones is 1. The minimum absolute atomic E-state index is 0.0652. The monoisotopic (exact) mass is 412 g/mol. The second kappa shape index (κ2) is 11.1. The molecule has 1 atom stereocenters. The molecule has 0 aliphatic heterocycles. The number of aromatic carboxylic acids is 1. The van der Waals surface area contributed by atoms with Gasteiger partial charge in [-0.25, -0.2) is 4.79 Å². The highest BCUT2D eigenvalue weighted by atomic mass is 16.5. The smallest absolute Gasteiger partial charge is 0.335 e. The van der Waals surface area contributed by atoms with E-state index in [2.05, 4.69) is 6.92 Å². The van der Waals surface area contributed by atoms with Gasteiger partial charge >= 0.3 is 11.9 Å². The summed E-state index contributed by atoms with van der Waals surface area (Å²) in [5, 5.41) is 18.7. The van der Waals surface area contributed by atoms with Gasteiger partial charge in [0.15, 0.2) is 5.78 Å². The molecule has 0 aliphatic rings. The molecule has 2 N–H and O–H groups in total. The van der Waals surface area contributed by atoms with Crippen molar-refractivity contribution in [3.63, 3.8) is 0 Å². The molecule has 0 bridgehead atoms. The van der Waals surface area contributed by atoms with Crippen molar-refractivity contribution >= 4 is 17.7 Å². The van der Waals surface area contributed by atoms with Crippen LogP contribution in [0.25, 0.3) is 11.1 Å². The van der Waals surface area contributed by atoms with Gasteiger partial charge in [-0.15, -0.1) is 0 Å². The molecule has 0 aliphatic carbocycles. The van der Waals surface area contributed by atoms with Crippen molar-refractivity contribution < 1.29 is 29.3 Å². The molecule has 6 nitrogen and oxygen atoms in total. The Morgan fingerprint density at radius 1 is 1.00 bits per heavy atom. The van der Waals surface area contributed by atoms with E-state index in [1.54, 1.807) is 0 Å². The highest BCUT2D eigenvalue weighted by Crippen LogP contribution is 2.36. The van der Waals surface area contributed by atoms with Gasteiger partial charge < -0.3 is 14.9 Å². The van der Waals surface area contributed by atoms with E-state index in [1.807, 2.05) is 30.3 Å². The number of rotatable bonds is 12. The van der Waals surface area contributed by atoms with Crippen LogP contribution in [0.15, 0.2) is 42.5 Å². The Bertz CT molecular complexity index is 888. The zero-order valence-electron chi connectivity index (χ0n) is 17.4. The number of carbonyl (C=O) groups excluding carboxylic acids is 1. The average molecular weight is 412 g/mol. The molecular weight excluding hydrogens is 384 g/mol. The molecule has 2 aromatic rings. The minimum Gasteiger partial charge on any atom is -0.493 e. The Labute approximate surface area is 176 Å². The first-order valence-electron chi connectivity index (χ1n) is 10.2. The fourth-order valence-electron chi connectivity index (χ4n) is 3.16. The average Bonchev–Trinajstić information content (AvgIpc) is 2.73. The normalized spacial score (nSPS) is 11.7. The number of aliphatic carboxylic acids is 1. The third kappa shape index (κ3) is 6.17. The van der Waals surface area contributed by atoms with E-state index in [4.69, 9.17) is 4.74 Å². The zero-order chi connectivity index (χ0) is 22.1. The van der Waals surface area contributed by atoms with Crippen LogP contribution in [-0.4, -0.2) is 34.5 Å². The van der Waals surface area contributed by atoms with Gasteiger partial charge in [0.2, 0.25) is 0 Å². The van der Waals surface area contributed by atoms with Crippen LogP contribution in [0.1, 0.15) is 66.7 Å². The lowest BCUT2D eigenvalue weighted by Gasteiger charge is -2.17. The van der Waals surface area contributed by atoms with Crippen LogP contribution in [0.3, 0.4) is 0 Å². The van der Waals surface area contributed by atoms with Gasteiger partial charge in [-0.05, 0) is 24.1 Å². The molecule has 0 radical (unpaired) electrons. The summed E-state index contributed by atoms with van der Waals surface area (Å²) in [7, 11) is 0. The number of Topliss-reactive ketones (excluding diaryl/α,β-unsaturated/α-hetero) is 1. The largest absolute Gasteiger partial charge is 0.493 e. The molecule has 0 aromatic heterocycles. The molecule has 0 amide bonds. The Morgan fingerprint density at radius 2 is 1.70 bits per heavy atom. The molecular formula is C24H28O6. The minimum atomic E-state index is -1.18. The van der Waals surface area contributed by atoms with Crippen LogP contribution in [0.4, 0.5) is 0 Å². The molecule has 0 saturated heterocycles. The van der Waals surface area contributed by atoms with Gasteiger partial charge in [0.1, 0.15) is 5.75 Å². The zero-order valence-corrected chi connectivity index (χ0v) is 17.4. The maximum absolute atomic E-state index is 13.0. The fourth-order valence-corrected chi connectivity index (χ4v) is 3.16. The first-order chi connectivity index (χ1) is 14.3. The number of hydrogen-bond donors (Lipinski definition) is 2. The van der Waals surface area contributed by atoms with Gasteiger partial charge in [-0.2, -0.15) is 0 Å². The van der Waals surface area contributed by atoms with E-state index in [9.17, 15) is 24.6 Å². The summed E-state index contributed by atoms with van der Waals surface area (Å²) >= 11 is 0. The van der Waals surface area contributed by atoms with Gasteiger partial charge in [-0.3, -0.25) is 9.59 Å². The predicted octanol–water partition coefficient (Wildman–Crippen LogP) is 5.30. The Hall–Kier alpha value is -3.15. The van der Waals surface area contributed by atoms with Gasteiger partial charge in [0.25, 0.3) is 0 Å². The lowest BCUT2D eigenvalue weighted by molar-refractivity contribution is -0.141. The van der Waals surface area contributed by atoms with E-state index in [0.717, 1.165) is 25.7 Å². The molecule has 1 unspecified atom stereocenters. The number of carboxylic acid groups (broad SMARTS) is 2. The third-order valence-corrected chi connectivity index (χ3v) is 4.88. The van der Waals surface area contributed by atoms with Crippen LogP contribution in [0, 0.1) is 5.92 Å². The topological polar surface area (TPSA) is 101 Å². The lowest BCUT2D eigenvalue weighted by Crippen LogP contribution is -2.16. The molecule has 160 valence electrons. The molecule has 0 saturated carbocycles. The van der Waals surface area contributed by atoms with E-state index < -0.39 is 23.6 Å².